The highest BCUT2D eigenvalue weighted by atomic mass is 35.5. The highest BCUT2D eigenvalue weighted by Crippen LogP contribution is 2.48. The van der Waals surface area contributed by atoms with E-state index in [0.717, 1.165) is 30.6 Å². The number of anilines is 1. The minimum atomic E-state index is -1.14. The molecule has 1 saturated carbocycles. The molecule has 2 aliphatic rings. The maximum absolute atomic E-state index is 12.6. The van der Waals surface area contributed by atoms with Gasteiger partial charge in [0.1, 0.15) is 0 Å². The lowest BCUT2D eigenvalue weighted by Gasteiger charge is -2.21. The summed E-state index contributed by atoms with van der Waals surface area (Å²) in [5, 5.41) is 8.98. The van der Waals surface area contributed by atoms with Crippen molar-refractivity contribution >= 4 is 35.1 Å². The normalized spacial score (nSPS) is 20.5. The van der Waals surface area contributed by atoms with E-state index in [1.807, 2.05) is 0 Å². The number of aromatic carboxylic acids is 1. The molecular weight excluding hydrogens is 294 g/mol. The Morgan fingerprint density at radius 2 is 1.90 bits per heavy atom. The van der Waals surface area contributed by atoms with Gasteiger partial charge in [-0.15, -0.1) is 0 Å². The van der Waals surface area contributed by atoms with Gasteiger partial charge in [-0.05, 0) is 31.0 Å². The highest BCUT2D eigenvalue weighted by Gasteiger charge is 2.53. The quantitative estimate of drug-likeness (QED) is 0.853. The molecule has 2 fully saturated rings. The predicted octanol–water partition coefficient (Wildman–Crippen LogP) is 2.86. The third-order valence-electron chi connectivity index (χ3n) is 4.40. The zero-order valence-corrected chi connectivity index (χ0v) is 12.0. The highest BCUT2D eigenvalue weighted by molar-refractivity contribution is 6.34. The van der Waals surface area contributed by atoms with Gasteiger partial charge in [0, 0.05) is 6.42 Å². The first kappa shape index (κ1) is 14.1. The number of carbonyl (C=O) groups excluding carboxylic acids is 2. The Morgan fingerprint density at radius 1 is 1.24 bits per heavy atom. The fraction of sp³-hybridized carbons (Fsp3) is 0.400. The van der Waals surface area contributed by atoms with Crippen molar-refractivity contribution in [2.75, 3.05) is 4.90 Å². The maximum atomic E-state index is 12.6. The second kappa shape index (κ2) is 4.84. The van der Waals surface area contributed by atoms with E-state index in [-0.39, 0.29) is 28.8 Å². The lowest BCUT2D eigenvalue weighted by atomic mass is 9.84. The van der Waals surface area contributed by atoms with Crippen LogP contribution in [0.1, 0.15) is 42.5 Å². The standard InChI is InChI=1S/C15H14ClNO4/c16-11-7-9(3-4-10(11)13(19)20)17-12(18)8-15(14(17)21)5-1-2-6-15/h3-4,7H,1-2,5-6,8H2,(H,19,20). The molecule has 0 aromatic heterocycles. The number of carbonyl (C=O) groups is 3. The summed E-state index contributed by atoms with van der Waals surface area (Å²) in [6, 6.07) is 4.15. The van der Waals surface area contributed by atoms with Crippen LogP contribution in [0.3, 0.4) is 0 Å². The van der Waals surface area contributed by atoms with Crippen molar-refractivity contribution in [1.82, 2.24) is 0 Å². The van der Waals surface area contributed by atoms with E-state index in [9.17, 15) is 14.4 Å². The smallest absolute Gasteiger partial charge is 0.337 e. The van der Waals surface area contributed by atoms with Gasteiger partial charge in [-0.3, -0.25) is 14.5 Å². The molecular formula is C15H14ClNO4. The first-order valence-electron chi connectivity index (χ1n) is 6.85. The third-order valence-corrected chi connectivity index (χ3v) is 4.71. The number of benzene rings is 1. The molecule has 0 bridgehead atoms. The molecule has 0 unspecified atom stereocenters. The molecule has 1 aromatic carbocycles. The summed E-state index contributed by atoms with van der Waals surface area (Å²) in [6.45, 7) is 0. The molecule has 21 heavy (non-hydrogen) atoms. The van der Waals surface area contributed by atoms with Crippen LogP contribution in [0.25, 0.3) is 0 Å². The lowest BCUT2D eigenvalue weighted by molar-refractivity contribution is -0.125. The van der Waals surface area contributed by atoms with Crippen molar-refractivity contribution in [1.29, 1.82) is 0 Å². The van der Waals surface area contributed by atoms with Crippen molar-refractivity contribution < 1.29 is 19.5 Å². The maximum Gasteiger partial charge on any atom is 0.337 e. The largest absolute Gasteiger partial charge is 0.478 e. The summed E-state index contributed by atoms with van der Waals surface area (Å²) in [5.74, 6) is -1.55. The number of carboxylic acids is 1. The van der Waals surface area contributed by atoms with Gasteiger partial charge in [-0.2, -0.15) is 0 Å². The molecule has 5 nitrogen and oxygen atoms in total. The fourth-order valence-corrected chi connectivity index (χ4v) is 3.57. The SMILES string of the molecule is O=C(O)c1ccc(N2C(=O)CC3(CCCC3)C2=O)cc1Cl. The molecule has 3 rings (SSSR count). The van der Waals surface area contributed by atoms with E-state index in [1.165, 1.54) is 18.2 Å². The molecule has 2 amide bonds. The first-order valence-corrected chi connectivity index (χ1v) is 7.23. The van der Waals surface area contributed by atoms with E-state index < -0.39 is 11.4 Å². The summed E-state index contributed by atoms with van der Waals surface area (Å²) < 4.78 is 0. The second-order valence-electron chi connectivity index (χ2n) is 5.67. The van der Waals surface area contributed by atoms with E-state index in [4.69, 9.17) is 16.7 Å². The van der Waals surface area contributed by atoms with Crippen LogP contribution in [-0.4, -0.2) is 22.9 Å². The number of nitrogens with zero attached hydrogens (tertiary/aromatic N) is 1. The number of halogens is 1. The number of rotatable bonds is 2. The van der Waals surface area contributed by atoms with E-state index >= 15 is 0 Å². The number of imide groups is 1. The van der Waals surface area contributed by atoms with Crippen LogP contribution in [-0.2, 0) is 9.59 Å². The summed E-state index contributed by atoms with van der Waals surface area (Å²) >= 11 is 5.92. The molecule has 1 saturated heterocycles. The lowest BCUT2D eigenvalue weighted by Crippen LogP contribution is -2.34. The van der Waals surface area contributed by atoms with E-state index in [0.29, 0.717) is 5.69 Å². The van der Waals surface area contributed by atoms with Gasteiger partial charge in [-0.25, -0.2) is 4.79 Å². The Bertz CT molecular complexity index is 649. The molecule has 1 spiro atoms. The first-order chi connectivity index (χ1) is 9.94. The summed E-state index contributed by atoms with van der Waals surface area (Å²) in [5.41, 5.74) is -0.242. The number of carboxylic acid groups (broad SMARTS) is 1. The van der Waals surface area contributed by atoms with Crippen LogP contribution in [0, 0.1) is 5.41 Å². The molecule has 0 atom stereocenters. The van der Waals surface area contributed by atoms with Crippen molar-refractivity contribution in [2.24, 2.45) is 5.41 Å². The molecule has 1 aromatic rings. The topological polar surface area (TPSA) is 74.7 Å². The minimum absolute atomic E-state index is 0.0213. The van der Waals surface area contributed by atoms with Crippen LogP contribution in [0.15, 0.2) is 18.2 Å². The minimum Gasteiger partial charge on any atom is -0.478 e. The van der Waals surface area contributed by atoms with E-state index in [1.54, 1.807) is 0 Å². The predicted molar refractivity (Wildman–Crippen MR) is 76.4 cm³/mol. The molecule has 1 heterocycles. The van der Waals surface area contributed by atoms with Crippen molar-refractivity contribution in [2.45, 2.75) is 32.1 Å². The monoisotopic (exact) mass is 307 g/mol. The molecule has 6 heteroatoms. The number of hydrogen-bond acceptors (Lipinski definition) is 3. The van der Waals surface area contributed by atoms with Crippen molar-refractivity contribution in [3.8, 4) is 0 Å². The number of amides is 2. The van der Waals surface area contributed by atoms with Crippen LogP contribution < -0.4 is 4.90 Å². The van der Waals surface area contributed by atoms with Gasteiger partial charge >= 0.3 is 5.97 Å². The molecule has 1 aliphatic carbocycles. The zero-order chi connectivity index (χ0) is 15.2. The van der Waals surface area contributed by atoms with Gasteiger partial charge in [0.25, 0.3) is 0 Å². The Kier molecular flexibility index (Phi) is 3.24. The van der Waals surface area contributed by atoms with Crippen molar-refractivity contribution in [3.05, 3.63) is 28.8 Å². The zero-order valence-electron chi connectivity index (χ0n) is 11.3. The van der Waals surface area contributed by atoms with Crippen molar-refractivity contribution in [3.63, 3.8) is 0 Å². The average Bonchev–Trinajstić information content (AvgIpc) is 2.96. The third kappa shape index (κ3) is 2.12. The van der Waals surface area contributed by atoms with Crippen LogP contribution in [0.2, 0.25) is 5.02 Å². The molecule has 0 radical (unpaired) electrons. The number of hydrogen-bond donors (Lipinski definition) is 1. The molecule has 1 aliphatic heterocycles. The van der Waals surface area contributed by atoms with Crippen LogP contribution in [0.5, 0.6) is 0 Å². The van der Waals surface area contributed by atoms with Gasteiger partial charge in [0.2, 0.25) is 11.8 Å². The fourth-order valence-electron chi connectivity index (χ4n) is 3.31. The van der Waals surface area contributed by atoms with Gasteiger partial charge in [0.05, 0.1) is 21.7 Å². The summed E-state index contributed by atoms with van der Waals surface area (Å²) in [7, 11) is 0. The molecule has 1 N–H and O–H groups in total. The Hall–Kier alpha value is -1.88. The summed E-state index contributed by atoms with van der Waals surface area (Å²) in [4.78, 5) is 36.9. The van der Waals surface area contributed by atoms with E-state index in [2.05, 4.69) is 0 Å². The second-order valence-corrected chi connectivity index (χ2v) is 6.08. The van der Waals surface area contributed by atoms with Gasteiger partial charge < -0.3 is 5.11 Å². The Morgan fingerprint density at radius 3 is 2.48 bits per heavy atom. The van der Waals surface area contributed by atoms with Crippen LogP contribution in [0.4, 0.5) is 5.69 Å². The van der Waals surface area contributed by atoms with Gasteiger partial charge in [0.15, 0.2) is 0 Å². The molecule has 110 valence electrons. The average molecular weight is 308 g/mol. The van der Waals surface area contributed by atoms with Crippen LogP contribution >= 0.6 is 11.6 Å². The summed E-state index contributed by atoms with van der Waals surface area (Å²) in [6.07, 6.45) is 3.66. The van der Waals surface area contributed by atoms with Gasteiger partial charge in [-0.1, -0.05) is 24.4 Å². The Balaban J connectivity index is 1.97. The Labute approximate surface area is 126 Å².